The Bertz CT molecular complexity index is 486. The van der Waals surface area contributed by atoms with Gasteiger partial charge in [0.25, 0.3) is 0 Å². The van der Waals surface area contributed by atoms with Crippen LogP contribution in [0, 0.1) is 0 Å². The third-order valence-electron chi connectivity index (χ3n) is 2.74. The second-order valence-electron chi connectivity index (χ2n) is 4.06. The molecule has 0 aliphatic carbocycles. The van der Waals surface area contributed by atoms with Crippen LogP contribution in [-0.2, 0) is 9.53 Å². The normalized spacial score (nSPS) is 11.8. The zero-order chi connectivity index (χ0) is 15.1. The molecular weight excluding hydrogens is 264 g/mol. The summed E-state index contributed by atoms with van der Waals surface area (Å²) in [7, 11) is 2.91. The molecule has 0 aliphatic heterocycles. The SMILES string of the molecule is COc1ccc(C(=O)O)c(NC(=O)CC(CN)OC)c1. The van der Waals surface area contributed by atoms with E-state index in [0.29, 0.717) is 5.75 Å². The van der Waals surface area contributed by atoms with E-state index in [-0.39, 0.29) is 30.1 Å². The van der Waals surface area contributed by atoms with Crippen molar-refractivity contribution in [2.24, 2.45) is 5.73 Å². The number of hydrogen-bond acceptors (Lipinski definition) is 5. The maximum atomic E-state index is 11.8. The van der Waals surface area contributed by atoms with E-state index in [4.69, 9.17) is 20.3 Å². The van der Waals surface area contributed by atoms with Crippen molar-refractivity contribution in [3.8, 4) is 5.75 Å². The smallest absolute Gasteiger partial charge is 0.337 e. The molecule has 7 nitrogen and oxygen atoms in total. The first-order chi connectivity index (χ1) is 9.51. The van der Waals surface area contributed by atoms with Crippen molar-refractivity contribution >= 4 is 17.6 Å². The molecule has 1 atom stereocenters. The number of anilines is 1. The Balaban J connectivity index is 2.89. The van der Waals surface area contributed by atoms with Gasteiger partial charge in [-0.3, -0.25) is 4.79 Å². The van der Waals surface area contributed by atoms with Crippen LogP contribution in [0.2, 0.25) is 0 Å². The Labute approximate surface area is 116 Å². The number of carbonyl (C=O) groups is 2. The average molecular weight is 282 g/mol. The number of rotatable bonds is 7. The lowest BCUT2D eigenvalue weighted by molar-refractivity contribution is -0.118. The molecule has 1 aromatic carbocycles. The number of hydrogen-bond donors (Lipinski definition) is 3. The number of nitrogens with two attached hydrogens (primary N) is 1. The Hall–Kier alpha value is -2.12. The predicted molar refractivity (Wildman–Crippen MR) is 73.1 cm³/mol. The quantitative estimate of drug-likeness (QED) is 0.678. The van der Waals surface area contributed by atoms with Gasteiger partial charge in [0, 0.05) is 19.7 Å². The van der Waals surface area contributed by atoms with Crippen molar-refractivity contribution in [1.82, 2.24) is 0 Å². The van der Waals surface area contributed by atoms with E-state index in [9.17, 15) is 9.59 Å². The summed E-state index contributed by atoms with van der Waals surface area (Å²) in [6, 6.07) is 4.33. The number of carboxylic acid groups (broad SMARTS) is 1. The molecule has 0 heterocycles. The van der Waals surface area contributed by atoms with Crippen LogP contribution in [0.3, 0.4) is 0 Å². The molecule has 1 amide bonds. The van der Waals surface area contributed by atoms with E-state index in [1.807, 2.05) is 0 Å². The van der Waals surface area contributed by atoms with Crippen LogP contribution in [0.4, 0.5) is 5.69 Å². The molecule has 0 radical (unpaired) electrons. The third-order valence-corrected chi connectivity index (χ3v) is 2.74. The summed E-state index contributed by atoms with van der Waals surface area (Å²) >= 11 is 0. The highest BCUT2D eigenvalue weighted by molar-refractivity contribution is 6.00. The third kappa shape index (κ3) is 4.22. The van der Waals surface area contributed by atoms with Crippen LogP contribution in [0.5, 0.6) is 5.75 Å². The first kappa shape index (κ1) is 15.9. The summed E-state index contributed by atoms with van der Waals surface area (Å²) in [5.41, 5.74) is 5.59. The summed E-state index contributed by atoms with van der Waals surface area (Å²) in [4.78, 5) is 22.9. The zero-order valence-corrected chi connectivity index (χ0v) is 11.4. The number of nitrogens with one attached hydrogen (secondary N) is 1. The van der Waals surface area contributed by atoms with Gasteiger partial charge in [-0.25, -0.2) is 4.79 Å². The summed E-state index contributed by atoms with van der Waals surface area (Å²) in [6.45, 7) is 0.202. The predicted octanol–water partition coefficient (Wildman–Crippen LogP) is 0.696. The van der Waals surface area contributed by atoms with E-state index >= 15 is 0 Å². The van der Waals surface area contributed by atoms with Gasteiger partial charge in [0.05, 0.1) is 30.9 Å². The van der Waals surface area contributed by atoms with Gasteiger partial charge in [-0.1, -0.05) is 0 Å². The number of aromatic carboxylic acids is 1. The highest BCUT2D eigenvalue weighted by Crippen LogP contribution is 2.23. The topological polar surface area (TPSA) is 111 Å². The summed E-state index contributed by atoms with van der Waals surface area (Å²) < 4.78 is 10.0. The number of ether oxygens (including phenoxy) is 2. The van der Waals surface area contributed by atoms with Crippen LogP contribution < -0.4 is 15.8 Å². The molecular formula is C13H18N2O5. The summed E-state index contributed by atoms with van der Waals surface area (Å²) in [5.74, 6) is -1.06. The van der Waals surface area contributed by atoms with Crippen molar-refractivity contribution in [2.75, 3.05) is 26.1 Å². The maximum Gasteiger partial charge on any atom is 0.337 e. The minimum absolute atomic E-state index is 0.0131. The monoisotopic (exact) mass is 282 g/mol. The van der Waals surface area contributed by atoms with Crippen molar-refractivity contribution in [3.05, 3.63) is 23.8 Å². The lowest BCUT2D eigenvalue weighted by Crippen LogP contribution is -2.28. The Kier molecular flexibility index (Phi) is 5.95. The van der Waals surface area contributed by atoms with Crippen molar-refractivity contribution in [2.45, 2.75) is 12.5 Å². The molecule has 7 heteroatoms. The molecule has 1 unspecified atom stereocenters. The molecule has 0 saturated carbocycles. The molecule has 0 aliphatic rings. The van der Waals surface area contributed by atoms with E-state index in [1.165, 1.54) is 32.4 Å². The van der Waals surface area contributed by atoms with Crippen LogP contribution in [0.25, 0.3) is 0 Å². The molecule has 1 rings (SSSR count). The molecule has 110 valence electrons. The first-order valence-electron chi connectivity index (χ1n) is 5.95. The van der Waals surface area contributed by atoms with E-state index in [2.05, 4.69) is 5.32 Å². The Morgan fingerprint density at radius 1 is 1.40 bits per heavy atom. The van der Waals surface area contributed by atoms with Crippen LogP contribution >= 0.6 is 0 Å². The Morgan fingerprint density at radius 2 is 2.10 bits per heavy atom. The highest BCUT2D eigenvalue weighted by atomic mass is 16.5. The van der Waals surface area contributed by atoms with Crippen LogP contribution in [-0.4, -0.2) is 43.9 Å². The molecule has 0 spiro atoms. The largest absolute Gasteiger partial charge is 0.497 e. The first-order valence-corrected chi connectivity index (χ1v) is 5.95. The van der Waals surface area contributed by atoms with Gasteiger partial charge < -0.3 is 25.6 Å². The fourth-order valence-corrected chi connectivity index (χ4v) is 1.61. The van der Waals surface area contributed by atoms with Gasteiger partial charge >= 0.3 is 5.97 Å². The number of benzene rings is 1. The lowest BCUT2D eigenvalue weighted by atomic mass is 10.1. The van der Waals surface area contributed by atoms with Gasteiger partial charge in [-0.05, 0) is 12.1 Å². The molecule has 0 aromatic heterocycles. The molecule has 0 saturated heterocycles. The van der Waals surface area contributed by atoms with Gasteiger partial charge in [0.1, 0.15) is 5.75 Å². The number of carbonyl (C=O) groups excluding carboxylic acids is 1. The van der Waals surface area contributed by atoms with E-state index < -0.39 is 12.1 Å². The standard InChI is InChI=1S/C13H18N2O5/c1-19-8-3-4-10(13(17)18)11(5-8)15-12(16)6-9(7-14)20-2/h3-5,9H,6-7,14H2,1-2H3,(H,15,16)(H,17,18). The number of methoxy groups -OCH3 is 2. The molecule has 0 bridgehead atoms. The Morgan fingerprint density at radius 3 is 2.60 bits per heavy atom. The summed E-state index contributed by atoms with van der Waals surface area (Å²) in [6.07, 6.45) is -0.364. The van der Waals surface area contributed by atoms with Gasteiger partial charge in [0.15, 0.2) is 0 Å². The molecule has 1 aromatic rings. The van der Waals surface area contributed by atoms with Gasteiger partial charge in [-0.2, -0.15) is 0 Å². The number of amides is 1. The minimum atomic E-state index is -1.13. The molecule has 20 heavy (non-hydrogen) atoms. The van der Waals surface area contributed by atoms with Crippen LogP contribution in [0.1, 0.15) is 16.8 Å². The van der Waals surface area contributed by atoms with Gasteiger partial charge in [-0.15, -0.1) is 0 Å². The van der Waals surface area contributed by atoms with Crippen molar-refractivity contribution in [1.29, 1.82) is 0 Å². The van der Waals surface area contributed by atoms with Crippen molar-refractivity contribution in [3.63, 3.8) is 0 Å². The van der Waals surface area contributed by atoms with Crippen molar-refractivity contribution < 1.29 is 24.2 Å². The number of carboxylic acids is 1. The molecule has 0 fully saturated rings. The van der Waals surface area contributed by atoms with E-state index in [0.717, 1.165) is 0 Å². The lowest BCUT2D eigenvalue weighted by Gasteiger charge is -2.14. The summed E-state index contributed by atoms with van der Waals surface area (Å²) in [5, 5.41) is 11.6. The highest BCUT2D eigenvalue weighted by Gasteiger charge is 2.16. The molecule has 4 N–H and O–H groups in total. The minimum Gasteiger partial charge on any atom is -0.497 e. The maximum absolute atomic E-state index is 11.8. The fraction of sp³-hybridized carbons (Fsp3) is 0.385. The van der Waals surface area contributed by atoms with Crippen LogP contribution in [0.15, 0.2) is 18.2 Å². The average Bonchev–Trinajstić information content (AvgIpc) is 2.44. The fourth-order valence-electron chi connectivity index (χ4n) is 1.61. The second-order valence-corrected chi connectivity index (χ2v) is 4.06. The zero-order valence-electron chi connectivity index (χ0n) is 11.4. The van der Waals surface area contributed by atoms with E-state index in [1.54, 1.807) is 0 Å². The second kappa shape index (κ2) is 7.46. The van der Waals surface area contributed by atoms with Gasteiger partial charge in [0.2, 0.25) is 5.91 Å².